The Bertz CT molecular complexity index is 555. The molecule has 3 saturated heterocycles. The molecular formula is C15H21N2O6+. The quantitative estimate of drug-likeness (QED) is 0.548. The number of pyridine rings is 1. The summed E-state index contributed by atoms with van der Waals surface area (Å²) in [5.41, 5.74) is 1.44. The van der Waals surface area contributed by atoms with E-state index in [1.54, 1.807) is 0 Å². The van der Waals surface area contributed by atoms with Crippen LogP contribution in [0.2, 0.25) is 0 Å². The van der Waals surface area contributed by atoms with Gasteiger partial charge in [-0.05, 0) is 6.07 Å². The second kappa shape index (κ2) is 6.61. The molecule has 3 atom stereocenters. The minimum Gasteiger partial charge on any atom is -0.479 e. The fraction of sp³-hybridized carbons (Fsp3) is 0.533. The van der Waals surface area contributed by atoms with Crippen molar-refractivity contribution in [2.24, 2.45) is 5.92 Å². The molecule has 2 unspecified atom stereocenters. The summed E-state index contributed by atoms with van der Waals surface area (Å²) < 4.78 is 1.26. The van der Waals surface area contributed by atoms with E-state index in [1.807, 2.05) is 12.4 Å². The van der Waals surface area contributed by atoms with Gasteiger partial charge < -0.3 is 24.9 Å². The Hall–Kier alpha value is -2.03. The molecule has 3 fully saturated rings. The number of aliphatic hydroxyl groups is 2. The number of carboxylic acid groups (broad SMARTS) is 2. The molecule has 1 aromatic rings. The van der Waals surface area contributed by atoms with Gasteiger partial charge in [0.1, 0.15) is 6.04 Å². The summed E-state index contributed by atoms with van der Waals surface area (Å²) in [6.45, 7) is 2.78. The van der Waals surface area contributed by atoms with Gasteiger partial charge >= 0.3 is 11.9 Å². The lowest BCUT2D eigenvalue weighted by Gasteiger charge is -2.41. The van der Waals surface area contributed by atoms with Crippen molar-refractivity contribution in [1.82, 2.24) is 4.98 Å². The summed E-state index contributed by atoms with van der Waals surface area (Å²) in [7, 11) is 2.38. The summed E-state index contributed by atoms with van der Waals surface area (Å²) >= 11 is 0. The van der Waals surface area contributed by atoms with Crippen molar-refractivity contribution in [3.8, 4) is 0 Å². The standard InChI is InChI=1S/C11H15N2.C4H6O6/c1-13-7-9(8-13)5-11(13)10-3-2-4-12-6-10;5-1(3(7)8)2(6)4(9)10/h2-4,6,9,11H,5,7-8H2,1H3;1-2,5-6H,(H,7,8)(H,9,10)/q+1;/t9?,11-,13?;/m0./s1. The van der Waals surface area contributed by atoms with Gasteiger partial charge in [0.2, 0.25) is 0 Å². The number of hydrogen-bond donors (Lipinski definition) is 4. The number of hydrogen-bond acceptors (Lipinski definition) is 5. The molecule has 4 N–H and O–H groups in total. The molecular weight excluding hydrogens is 304 g/mol. The van der Waals surface area contributed by atoms with E-state index in [0.29, 0.717) is 0 Å². The summed E-state index contributed by atoms with van der Waals surface area (Å²) in [6, 6.07) is 5.01. The van der Waals surface area contributed by atoms with Crippen LogP contribution in [-0.4, -0.2) is 74.2 Å². The molecule has 0 amide bonds. The van der Waals surface area contributed by atoms with Gasteiger partial charge in [0, 0.05) is 24.4 Å². The van der Waals surface area contributed by atoms with E-state index in [2.05, 4.69) is 24.2 Å². The van der Waals surface area contributed by atoms with Gasteiger partial charge in [0.15, 0.2) is 12.2 Å². The van der Waals surface area contributed by atoms with Crippen molar-refractivity contribution in [3.63, 3.8) is 0 Å². The van der Waals surface area contributed by atoms with Gasteiger partial charge in [0.25, 0.3) is 0 Å². The second-order valence-corrected chi connectivity index (χ2v) is 6.31. The van der Waals surface area contributed by atoms with Gasteiger partial charge in [-0.15, -0.1) is 0 Å². The molecule has 0 radical (unpaired) electrons. The fourth-order valence-corrected chi connectivity index (χ4v) is 3.44. The molecule has 8 heteroatoms. The first-order valence-corrected chi connectivity index (χ1v) is 7.30. The molecule has 126 valence electrons. The summed E-state index contributed by atoms with van der Waals surface area (Å²) in [6.07, 6.45) is 0.741. The predicted molar refractivity (Wildman–Crippen MR) is 78.3 cm³/mol. The van der Waals surface area contributed by atoms with E-state index in [0.717, 1.165) is 12.0 Å². The van der Waals surface area contributed by atoms with Crippen LogP contribution in [0.3, 0.4) is 0 Å². The highest BCUT2D eigenvalue weighted by Gasteiger charge is 2.55. The van der Waals surface area contributed by atoms with Crippen molar-refractivity contribution in [2.75, 3.05) is 20.1 Å². The molecule has 0 spiro atoms. The summed E-state index contributed by atoms with van der Waals surface area (Å²) in [5, 5.41) is 32.5. The Kier molecular flexibility index (Phi) is 4.98. The highest BCUT2D eigenvalue weighted by molar-refractivity contribution is 5.83. The zero-order chi connectivity index (χ0) is 17.2. The van der Waals surface area contributed by atoms with Gasteiger partial charge in [-0.3, -0.25) is 4.98 Å². The first kappa shape index (κ1) is 17.3. The van der Waals surface area contributed by atoms with Crippen molar-refractivity contribution >= 4 is 11.9 Å². The maximum absolute atomic E-state index is 9.77. The number of aliphatic hydroxyl groups excluding tert-OH is 2. The maximum Gasteiger partial charge on any atom is 0.335 e. The molecule has 0 saturated carbocycles. The third kappa shape index (κ3) is 3.66. The number of aromatic nitrogens is 1. The SMILES string of the molecule is C[N+]12CC(C[C@H]1c1cccnc1)C2.O=C(O)C(O)C(O)C(=O)O. The van der Waals surface area contributed by atoms with Gasteiger partial charge in [-0.25, -0.2) is 9.59 Å². The molecule has 3 aliphatic heterocycles. The molecule has 0 aliphatic carbocycles. The molecule has 3 aliphatic rings. The van der Waals surface area contributed by atoms with Crippen LogP contribution in [0.1, 0.15) is 18.0 Å². The monoisotopic (exact) mass is 325 g/mol. The number of carboxylic acids is 2. The number of nitrogens with zero attached hydrogens (tertiary/aromatic N) is 2. The first-order valence-electron chi connectivity index (χ1n) is 7.30. The van der Waals surface area contributed by atoms with E-state index < -0.39 is 24.1 Å². The molecule has 1 aromatic heterocycles. The Morgan fingerprint density at radius 1 is 1.22 bits per heavy atom. The lowest BCUT2D eigenvalue weighted by Crippen LogP contribution is -2.53. The minimum absolute atomic E-state index is 0.735. The Balaban J connectivity index is 0.000000175. The van der Waals surface area contributed by atoms with Crippen LogP contribution in [-0.2, 0) is 9.59 Å². The number of aliphatic carboxylic acids is 2. The van der Waals surface area contributed by atoms with Crippen LogP contribution < -0.4 is 0 Å². The predicted octanol–water partition coefficient (Wildman–Crippen LogP) is -0.520. The summed E-state index contributed by atoms with van der Waals surface area (Å²) in [5.74, 6) is -2.54. The van der Waals surface area contributed by atoms with Crippen LogP contribution in [0.5, 0.6) is 0 Å². The molecule has 0 aromatic carbocycles. The average molecular weight is 325 g/mol. The molecule has 2 bridgehead atoms. The van der Waals surface area contributed by atoms with E-state index >= 15 is 0 Å². The lowest BCUT2D eigenvalue weighted by atomic mass is 10.0. The topological polar surface area (TPSA) is 128 Å². The van der Waals surface area contributed by atoms with Gasteiger partial charge in [0.05, 0.1) is 26.1 Å². The zero-order valence-corrected chi connectivity index (χ0v) is 12.7. The third-order valence-corrected chi connectivity index (χ3v) is 4.53. The average Bonchev–Trinajstić information content (AvgIpc) is 3.00. The molecule has 8 nitrogen and oxygen atoms in total. The van der Waals surface area contributed by atoms with E-state index in [9.17, 15) is 9.59 Å². The smallest absolute Gasteiger partial charge is 0.335 e. The molecule has 23 heavy (non-hydrogen) atoms. The minimum atomic E-state index is -2.27. The molecule has 4 rings (SSSR count). The van der Waals surface area contributed by atoms with Crippen LogP contribution in [0, 0.1) is 5.92 Å². The van der Waals surface area contributed by atoms with E-state index in [-0.39, 0.29) is 0 Å². The third-order valence-electron chi connectivity index (χ3n) is 4.53. The lowest BCUT2D eigenvalue weighted by molar-refractivity contribution is -0.957. The normalized spacial score (nSPS) is 30.4. The number of fused-ring (bicyclic) bond motifs is 1. The highest BCUT2D eigenvalue weighted by Crippen LogP contribution is 2.49. The number of quaternary nitrogens is 1. The van der Waals surface area contributed by atoms with E-state index in [4.69, 9.17) is 20.4 Å². The Morgan fingerprint density at radius 3 is 2.13 bits per heavy atom. The van der Waals surface area contributed by atoms with Gasteiger partial charge in [-0.2, -0.15) is 0 Å². The van der Waals surface area contributed by atoms with Crippen molar-refractivity contribution in [1.29, 1.82) is 0 Å². The second-order valence-electron chi connectivity index (χ2n) is 6.31. The summed E-state index contributed by atoms with van der Waals surface area (Å²) in [4.78, 5) is 23.7. The van der Waals surface area contributed by atoms with Crippen molar-refractivity contribution in [3.05, 3.63) is 30.1 Å². The maximum atomic E-state index is 9.77. The van der Waals surface area contributed by atoms with Gasteiger partial charge in [-0.1, -0.05) is 6.07 Å². The Morgan fingerprint density at radius 2 is 1.78 bits per heavy atom. The van der Waals surface area contributed by atoms with Crippen molar-refractivity contribution < 1.29 is 34.5 Å². The van der Waals surface area contributed by atoms with E-state index in [1.165, 1.54) is 29.6 Å². The Labute approximate surface area is 133 Å². The zero-order valence-electron chi connectivity index (χ0n) is 12.7. The first-order chi connectivity index (χ1) is 10.7. The molecule has 4 heterocycles. The largest absolute Gasteiger partial charge is 0.479 e. The van der Waals surface area contributed by atoms with Crippen LogP contribution in [0.15, 0.2) is 24.5 Å². The highest BCUT2D eigenvalue weighted by atomic mass is 16.4. The fourth-order valence-electron chi connectivity index (χ4n) is 3.44. The van der Waals surface area contributed by atoms with Crippen LogP contribution >= 0.6 is 0 Å². The van der Waals surface area contributed by atoms with Crippen LogP contribution in [0.4, 0.5) is 0 Å². The number of carbonyl (C=O) groups is 2. The number of rotatable bonds is 4. The van der Waals surface area contributed by atoms with Crippen molar-refractivity contribution in [2.45, 2.75) is 24.7 Å². The van der Waals surface area contributed by atoms with Crippen LogP contribution in [0.25, 0.3) is 0 Å².